The molecule has 0 aliphatic heterocycles. The summed E-state index contributed by atoms with van der Waals surface area (Å²) in [4.78, 5) is 10.0. The fourth-order valence-electron chi connectivity index (χ4n) is 1.06. The molecule has 2 nitrogen and oxygen atoms in total. The van der Waals surface area contributed by atoms with E-state index in [1.165, 1.54) is 13.2 Å². The van der Waals surface area contributed by atoms with Crippen LogP contribution in [0.2, 0.25) is 0 Å². The van der Waals surface area contributed by atoms with Crippen LogP contribution in [0.15, 0.2) is 18.2 Å². The molecule has 0 spiro atoms. The number of allylic oxidation sites excluding steroid dienone is 1. The number of aldehydes is 1. The van der Waals surface area contributed by atoms with Crippen molar-refractivity contribution in [3.8, 4) is 5.75 Å². The van der Waals surface area contributed by atoms with Crippen LogP contribution in [0.4, 0.5) is 8.78 Å². The highest BCUT2D eigenvalue weighted by Gasteiger charge is 2.09. The molecule has 0 saturated carbocycles. The summed E-state index contributed by atoms with van der Waals surface area (Å²) in [6.07, 6.45) is 2.93. The Morgan fingerprint density at radius 1 is 1.36 bits per heavy atom. The fourth-order valence-corrected chi connectivity index (χ4v) is 1.06. The monoisotopic (exact) mass is 198 g/mol. The van der Waals surface area contributed by atoms with Crippen LogP contribution in [0.3, 0.4) is 0 Å². The molecule has 1 rings (SSSR count). The van der Waals surface area contributed by atoms with Gasteiger partial charge in [-0.1, -0.05) is 0 Å². The average Bonchev–Trinajstić information content (AvgIpc) is 2.14. The van der Waals surface area contributed by atoms with Crippen molar-refractivity contribution in [3.63, 3.8) is 0 Å². The zero-order valence-electron chi connectivity index (χ0n) is 7.46. The largest absolute Gasteiger partial charge is 0.493 e. The summed E-state index contributed by atoms with van der Waals surface area (Å²) in [6, 6.07) is 1.80. The summed E-state index contributed by atoms with van der Waals surface area (Å²) in [5, 5.41) is 0. The quantitative estimate of drug-likeness (QED) is 0.549. The molecule has 0 N–H and O–H groups in total. The van der Waals surface area contributed by atoms with Crippen molar-refractivity contribution in [3.05, 3.63) is 35.4 Å². The molecule has 0 saturated heterocycles. The number of benzene rings is 1. The predicted molar refractivity (Wildman–Crippen MR) is 48.0 cm³/mol. The van der Waals surface area contributed by atoms with E-state index in [2.05, 4.69) is 0 Å². The Morgan fingerprint density at radius 2 is 2.07 bits per heavy atom. The number of hydrogen-bond acceptors (Lipinski definition) is 2. The highest BCUT2D eigenvalue weighted by atomic mass is 19.1. The zero-order chi connectivity index (χ0) is 10.6. The normalized spacial score (nSPS) is 10.5. The SMILES string of the molecule is COc1c(F)cc(F)cc1/C=C/C=O. The lowest BCUT2D eigenvalue weighted by atomic mass is 10.1. The van der Waals surface area contributed by atoms with Gasteiger partial charge < -0.3 is 4.74 Å². The molecule has 1 aromatic rings. The average molecular weight is 198 g/mol. The second-order valence-electron chi connectivity index (χ2n) is 2.51. The van der Waals surface area contributed by atoms with Gasteiger partial charge in [-0.3, -0.25) is 4.79 Å². The van der Waals surface area contributed by atoms with Crippen LogP contribution in [0.25, 0.3) is 6.08 Å². The summed E-state index contributed by atoms with van der Waals surface area (Å²) in [6.45, 7) is 0. The predicted octanol–water partition coefficient (Wildman–Crippen LogP) is 2.19. The molecule has 0 fully saturated rings. The van der Waals surface area contributed by atoms with Gasteiger partial charge in [-0.2, -0.15) is 0 Å². The second-order valence-corrected chi connectivity index (χ2v) is 2.51. The summed E-state index contributed by atoms with van der Waals surface area (Å²) in [7, 11) is 1.27. The van der Waals surface area contributed by atoms with Gasteiger partial charge >= 0.3 is 0 Å². The van der Waals surface area contributed by atoms with Crippen molar-refractivity contribution < 1.29 is 18.3 Å². The van der Waals surface area contributed by atoms with Gasteiger partial charge in [0.15, 0.2) is 11.6 Å². The molecule has 0 aliphatic carbocycles. The molecular formula is C10H8F2O2. The van der Waals surface area contributed by atoms with E-state index in [9.17, 15) is 13.6 Å². The van der Waals surface area contributed by atoms with E-state index in [1.54, 1.807) is 0 Å². The minimum atomic E-state index is -0.793. The third-order valence-electron chi connectivity index (χ3n) is 1.60. The molecule has 0 atom stereocenters. The summed E-state index contributed by atoms with van der Waals surface area (Å²) < 4.78 is 30.5. The first kappa shape index (κ1) is 10.4. The van der Waals surface area contributed by atoms with Crippen LogP contribution in [-0.2, 0) is 4.79 Å². The van der Waals surface area contributed by atoms with Crippen LogP contribution >= 0.6 is 0 Å². The summed E-state index contributed by atoms with van der Waals surface area (Å²) >= 11 is 0. The van der Waals surface area contributed by atoms with Gasteiger partial charge in [-0.15, -0.1) is 0 Å². The zero-order valence-corrected chi connectivity index (χ0v) is 7.46. The third-order valence-corrected chi connectivity index (χ3v) is 1.60. The molecule has 0 radical (unpaired) electrons. The molecule has 14 heavy (non-hydrogen) atoms. The van der Waals surface area contributed by atoms with Crippen LogP contribution in [0.1, 0.15) is 5.56 Å². The van der Waals surface area contributed by atoms with E-state index in [4.69, 9.17) is 4.74 Å². The molecule has 0 unspecified atom stereocenters. The summed E-state index contributed by atoms with van der Waals surface area (Å²) in [5.74, 6) is -1.59. The molecule has 0 amide bonds. The van der Waals surface area contributed by atoms with E-state index >= 15 is 0 Å². The van der Waals surface area contributed by atoms with Crippen molar-refractivity contribution >= 4 is 12.4 Å². The van der Waals surface area contributed by atoms with Crippen molar-refractivity contribution in [1.29, 1.82) is 0 Å². The van der Waals surface area contributed by atoms with E-state index in [0.717, 1.165) is 18.2 Å². The Labute approximate surface area is 79.8 Å². The smallest absolute Gasteiger partial charge is 0.168 e. The van der Waals surface area contributed by atoms with Crippen LogP contribution < -0.4 is 4.74 Å². The third kappa shape index (κ3) is 2.16. The lowest BCUT2D eigenvalue weighted by Crippen LogP contribution is -1.93. The van der Waals surface area contributed by atoms with Gasteiger partial charge in [0.05, 0.1) is 7.11 Å². The second kappa shape index (κ2) is 4.50. The molecule has 0 aromatic heterocycles. The minimum Gasteiger partial charge on any atom is -0.493 e. The summed E-state index contributed by atoms with van der Waals surface area (Å²) in [5.41, 5.74) is 0.192. The molecule has 4 heteroatoms. The van der Waals surface area contributed by atoms with Crippen molar-refractivity contribution in [2.45, 2.75) is 0 Å². The minimum absolute atomic E-state index is 0.0792. The number of ether oxygens (including phenoxy) is 1. The van der Waals surface area contributed by atoms with Gasteiger partial charge in [0.25, 0.3) is 0 Å². The Kier molecular flexibility index (Phi) is 3.34. The van der Waals surface area contributed by atoms with Crippen molar-refractivity contribution in [1.82, 2.24) is 0 Å². The first-order chi connectivity index (χ1) is 6.69. The highest BCUT2D eigenvalue weighted by Crippen LogP contribution is 2.24. The van der Waals surface area contributed by atoms with E-state index in [-0.39, 0.29) is 11.3 Å². The Balaban J connectivity index is 3.24. The first-order valence-corrected chi connectivity index (χ1v) is 3.84. The van der Waals surface area contributed by atoms with Crippen molar-refractivity contribution in [2.24, 2.45) is 0 Å². The first-order valence-electron chi connectivity index (χ1n) is 3.84. The lowest BCUT2D eigenvalue weighted by Gasteiger charge is -2.05. The number of rotatable bonds is 3. The number of carbonyl (C=O) groups is 1. The van der Waals surface area contributed by atoms with Crippen LogP contribution in [-0.4, -0.2) is 13.4 Å². The van der Waals surface area contributed by atoms with E-state index in [1.807, 2.05) is 0 Å². The Bertz CT molecular complexity index is 373. The molecule has 74 valence electrons. The van der Waals surface area contributed by atoms with Gasteiger partial charge in [-0.05, 0) is 18.2 Å². The highest BCUT2D eigenvalue weighted by molar-refractivity contribution is 5.75. The topological polar surface area (TPSA) is 26.3 Å². The molecular weight excluding hydrogens is 190 g/mol. The number of carbonyl (C=O) groups excluding carboxylic acids is 1. The fraction of sp³-hybridized carbons (Fsp3) is 0.100. The van der Waals surface area contributed by atoms with Gasteiger partial charge in [0, 0.05) is 11.6 Å². The Morgan fingerprint density at radius 3 is 2.64 bits per heavy atom. The van der Waals surface area contributed by atoms with Crippen LogP contribution in [0.5, 0.6) is 5.75 Å². The number of halogens is 2. The van der Waals surface area contributed by atoms with Gasteiger partial charge in [0.1, 0.15) is 12.1 Å². The standard InChI is InChI=1S/C10H8F2O2/c1-14-10-7(3-2-4-13)5-8(11)6-9(10)12/h2-6H,1H3/b3-2+. The maximum absolute atomic E-state index is 13.1. The number of methoxy groups -OCH3 is 1. The molecule has 0 heterocycles. The molecule has 1 aromatic carbocycles. The van der Waals surface area contributed by atoms with Gasteiger partial charge in [0.2, 0.25) is 0 Å². The maximum Gasteiger partial charge on any atom is 0.168 e. The molecule has 0 bridgehead atoms. The lowest BCUT2D eigenvalue weighted by molar-refractivity contribution is -0.104. The van der Waals surface area contributed by atoms with Crippen LogP contribution in [0, 0.1) is 11.6 Å². The molecule has 0 aliphatic rings. The van der Waals surface area contributed by atoms with E-state index < -0.39 is 11.6 Å². The number of hydrogen-bond donors (Lipinski definition) is 0. The van der Waals surface area contributed by atoms with Gasteiger partial charge in [-0.25, -0.2) is 8.78 Å². The maximum atomic E-state index is 13.1. The van der Waals surface area contributed by atoms with Crippen molar-refractivity contribution in [2.75, 3.05) is 7.11 Å². The Hall–Kier alpha value is -1.71. The van der Waals surface area contributed by atoms with E-state index in [0.29, 0.717) is 6.29 Å².